The molecule has 2 aromatic carbocycles. The van der Waals surface area contributed by atoms with E-state index in [0.717, 1.165) is 30.7 Å². The Hall–Kier alpha value is -3.19. The van der Waals surface area contributed by atoms with Crippen LogP contribution in [0.5, 0.6) is 0 Å². The quantitative estimate of drug-likeness (QED) is 0.588. The lowest BCUT2D eigenvalue weighted by molar-refractivity contribution is -0.134. The molecule has 0 spiro atoms. The number of rotatable bonds is 7. The number of aromatic nitrogens is 2. The highest BCUT2D eigenvalue weighted by molar-refractivity contribution is 5.81. The van der Waals surface area contributed by atoms with Gasteiger partial charge in [0, 0.05) is 44.9 Å². The number of benzene rings is 2. The van der Waals surface area contributed by atoms with E-state index < -0.39 is 0 Å². The third-order valence-electron chi connectivity index (χ3n) is 5.67. The topological polar surface area (TPSA) is 67.7 Å². The molecule has 1 fully saturated rings. The van der Waals surface area contributed by atoms with Crippen molar-refractivity contribution in [1.82, 2.24) is 14.7 Å². The van der Waals surface area contributed by atoms with E-state index in [1.807, 2.05) is 42.1 Å². The Bertz CT molecular complexity index is 1100. The van der Waals surface area contributed by atoms with Crippen LogP contribution in [0.3, 0.4) is 0 Å². The average molecular weight is 421 g/mol. The molecule has 3 aromatic rings. The number of nitrogens with zero attached hydrogens (tertiary/aromatic N) is 4. The highest BCUT2D eigenvalue weighted by Gasteiger charge is 2.23. The third kappa shape index (κ3) is 4.94. The summed E-state index contributed by atoms with van der Waals surface area (Å²) in [6.45, 7) is 1.87. The fourth-order valence-corrected chi connectivity index (χ4v) is 3.92. The summed E-state index contributed by atoms with van der Waals surface area (Å²) in [5, 5.41) is 4.78. The summed E-state index contributed by atoms with van der Waals surface area (Å²) in [4.78, 5) is 29.3. The lowest BCUT2D eigenvalue weighted by atomic mass is 10.1. The van der Waals surface area contributed by atoms with Crippen molar-refractivity contribution in [3.8, 4) is 0 Å². The van der Waals surface area contributed by atoms with Crippen molar-refractivity contribution in [2.45, 2.75) is 32.0 Å². The molecule has 0 radical (unpaired) electrons. The van der Waals surface area contributed by atoms with Crippen molar-refractivity contribution in [2.75, 3.05) is 32.1 Å². The fraction of sp³-hybridized carbons (Fsp3) is 0.375. The first-order valence-electron chi connectivity index (χ1n) is 10.6. The molecule has 1 saturated heterocycles. The monoisotopic (exact) mass is 420 g/mol. The number of ether oxygens (including phenoxy) is 1. The lowest BCUT2D eigenvalue weighted by Crippen LogP contribution is -2.39. The molecule has 1 aromatic heterocycles. The standard InChI is InChI=1S/C24H28N4O3/c1-26(2)19-11-9-18(10-12-19)15-27(16-20-6-5-13-31-20)24(30)17-28-22-8-4-3-7-21(22)23(29)14-25-28/h3-4,7-12,14,20H,5-6,13,15-17H2,1-2H3. The predicted molar refractivity (Wildman–Crippen MR) is 121 cm³/mol. The van der Waals surface area contributed by atoms with Crippen LogP contribution in [0.1, 0.15) is 18.4 Å². The second-order valence-corrected chi connectivity index (χ2v) is 8.15. The number of hydrogen-bond donors (Lipinski definition) is 0. The molecular formula is C24H28N4O3. The second kappa shape index (κ2) is 9.31. The van der Waals surface area contributed by atoms with E-state index in [1.165, 1.54) is 6.20 Å². The number of carbonyl (C=O) groups excluding carboxylic acids is 1. The molecule has 0 aliphatic carbocycles. The molecular weight excluding hydrogens is 392 g/mol. The number of carbonyl (C=O) groups is 1. The van der Waals surface area contributed by atoms with Gasteiger partial charge in [-0.2, -0.15) is 5.10 Å². The smallest absolute Gasteiger partial charge is 0.244 e. The van der Waals surface area contributed by atoms with E-state index in [9.17, 15) is 9.59 Å². The molecule has 162 valence electrons. The SMILES string of the molecule is CN(C)c1ccc(CN(CC2CCCO2)C(=O)Cn2ncc(=O)c3ccccc32)cc1. The summed E-state index contributed by atoms with van der Waals surface area (Å²) >= 11 is 0. The zero-order valence-corrected chi connectivity index (χ0v) is 18.0. The van der Waals surface area contributed by atoms with Crippen LogP contribution in [0, 0.1) is 0 Å². The Morgan fingerprint density at radius 2 is 1.94 bits per heavy atom. The van der Waals surface area contributed by atoms with E-state index >= 15 is 0 Å². The molecule has 0 saturated carbocycles. The summed E-state index contributed by atoms with van der Waals surface area (Å²) in [5.41, 5.74) is 2.70. The van der Waals surface area contributed by atoms with Crippen molar-refractivity contribution in [3.63, 3.8) is 0 Å². The normalized spacial score (nSPS) is 15.9. The van der Waals surface area contributed by atoms with E-state index in [2.05, 4.69) is 29.4 Å². The zero-order valence-electron chi connectivity index (χ0n) is 18.0. The van der Waals surface area contributed by atoms with Gasteiger partial charge in [0.1, 0.15) is 6.54 Å². The molecule has 1 unspecified atom stereocenters. The van der Waals surface area contributed by atoms with Gasteiger partial charge < -0.3 is 14.5 Å². The number of hydrogen-bond acceptors (Lipinski definition) is 5. The molecule has 0 N–H and O–H groups in total. The Labute approximate surface area is 181 Å². The molecule has 31 heavy (non-hydrogen) atoms. The van der Waals surface area contributed by atoms with Crippen molar-refractivity contribution in [2.24, 2.45) is 0 Å². The lowest BCUT2D eigenvalue weighted by Gasteiger charge is -2.26. The van der Waals surface area contributed by atoms with Crippen molar-refractivity contribution in [3.05, 3.63) is 70.5 Å². The largest absolute Gasteiger partial charge is 0.378 e. The summed E-state index contributed by atoms with van der Waals surface area (Å²) < 4.78 is 7.40. The minimum Gasteiger partial charge on any atom is -0.378 e. The summed E-state index contributed by atoms with van der Waals surface area (Å²) in [7, 11) is 4.01. The van der Waals surface area contributed by atoms with Crippen LogP contribution < -0.4 is 10.3 Å². The van der Waals surface area contributed by atoms with Gasteiger partial charge in [-0.3, -0.25) is 14.3 Å². The van der Waals surface area contributed by atoms with E-state index in [4.69, 9.17) is 4.74 Å². The molecule has 1 amide bonds. The maximum Gasteiger partial charge on any atom is 0.244 e. The van der Waals surface area contributed by atoms with Gasteiger partial charge in [-0.05, 0) is 42.7 Å². The van der Waals surface area contributed by atoms with Crippen LogP contribution in [0.25, 0.3) is 10.9 Å². The van der Waals surface area contributed by atoms with E-state index in [-0.39, 0.29) is 24.0 Å². The Morgan fingerprint density at radius 3 is 2.65 bits per heavy atom. The molecule has 0 bridgehead atoms. The van der Waals surface area contributed by atoms with Gasteiger partial charge in [-0.25, -0.2) is 0 Å². The van der Waals surface area contributed by atoms with Gasteiger partial charge in [0.15, 0.2) is 0 Å². The highest BCUT2D eigenvalue weighted by Crippen LogP contribution is 2.18. The Morgan fingerprint density at radius 1 is 1.16 bits per heavy atom. The molecule has 1 aliphatic heterocycles. The molecule has 1 aliphatic rings. The second-order valence-electron chi connectivity index (χ2n) is 8.15. The number of amides is 1. The van der Waals surface area contributed by atoms with Gasteiger partial charge in [-0.15, -0.1) is 0 Å². The minimum atomic E-state index is -0.142. The summed E-state index contributed by atoms with van der Waals surface area (Å²) in [5.74, 6) is -0.0477. The molecule has 1 atom stereocenters. The van der Waals surface area contributed by atoms with Crippen LogP contribution in [0.15, 0.2) is 59.5 Å². The first-order chi connectivity index (χ1) is 15.0. The Kier molecular flexibility index (Phi) is 6.32. The molecule has 2 heterocycles. The first kappa shape index (κ1) is 21.1. The van der Waals surface area contributed by atoms with E-state index in [1.54, 1.807) is 10.7 Å². The Balaban J connectivity index is 1.56. The summed E-state index contributed by atoms with van der Waals surface area (Å²) in [6, 6.07) is 15.5. The fourth-order valence-electron chi connectivity index (χ4n) is 3.92. The molecule has 7 nitrogen and oxygen atoms in total. The van der Waals surface area contributed by atoms with Gasteiger partial charge in [0.25, 0.3) is 0 Å². The van der Waals surface area contributed by atoms with Crippen LogP contribution in [0.4, 0.5) is 5.69 Å². The van der Waals surface area contributed by atoms with Gasteiger partial charge in [-0.1, -0.05) is 24.3 Å². The van der Waals surface area contributed by atoms with Crippen molar-refractivity contribution in [1.29, 1.82) is 0 Å². The number of anilines is 1. The summed E-state index contributed by atoms with van der Waals surface area (Å²) in [6.07, 6.45) is 3.32. The zero-order chi connectivity index (χ0) is 21.8. The van der Waals surface area contributed by atoms with Gasteiger partial charge in [0.2, 0.25) is 11.3 Å². The van der Waals surface area contributed by atoms with Crippen LogP contribution in [-0.2, 0) is 22.6 Å². The highest BCUT2D eigenvalue weighted by atomic mass is 16.5. The van der Waals surface area contributed by atoms with Gasteiger partial charge >= 0.3 is 0 Å². The molecule has 7 heteroatoms. The van der Waals surface area contributed by atoms with Gasteiger partial charge in [0.05, 0.1) is 17.8 Å². The van der Waals surface area contributed by atoms with Crippen LogP contribution in [0.2, 0.25) is 0 Å². The first-order valence-corrected chi connectivity index (χ1v) is 10.6. The number of fused-ring (bicyclic) bond motifs is 1. The predicted octanol–water partition coefficient (Wildman–Crippen LogP) is 2.67. The number of para-hydroxylation sites is 1. The maximum atomic E-state index is 13.3. The molecule has 4 rings (SSSR count). The van der Waals surface area contributed by atoms with Crippen LogP contribution in [-0.4, -0.2) is 53.9 Å². The van der Waals surface area contributed by atoms with Crippen LogP contribution >= 0.6 is 0 Å². The average Bonchev–Trinajstić information content (AvgIpc) is 3.29. The van der Waals surface area contributed by atoms with Crippen molar-refractivity contribution >= 4 is 22.5 Å². The third-order valence-corrected chi connectivity index (χ3v) is 5.67. The van der Waals surface area contributed by atoms with Crippen molar-refractivity contribution < 1.29 is 9.53 Å². The minimum absolute atomic E-state index is 0.0477. The maximum absolute atomic E-state index is 13.3. The van der Waals surface area contributed by atoms with E-state index in [0.29, 0.717) is 24.0 Å².